The zero-order chi connectivity index (χ0) is 24.5. The molecule has 0 aliphatic heterocycles. The number of allylic oxidation sites excluding steroid dienone is 1. The van der Waals surface area contributed by atoms with E-state index in [1.807, 2.05) is 42.5 Å². The van der Waals surface area contributed by atoms with Gasteiger partial charge in [0.1, 0.15) is 0 Å². The predicted molar refractivity (Wildman–Crippen MR) is 140 cm³/mol. The van der Waals surface area contributed by atoms with Gasteiger partial charge in [-0.05, 0) is 52.9 Å². The van der Waals surface area contributed by atoms with Gasteiger partial charge in [0.15, 0.2) is 0 Å². The summed E-state index contributed by atoms with van der Waals surface area (Å²) < 4.78 is 21.4. The van der Waals surface area contributed by atoms with Gasteiger partial charge in [0, 0.05) is 18.2 Å². The Morgan fingerprint density at radius 1 is 1.06 bits per heavy atom. The molecule has 0 aliphatic rings. The van der Waals surface area contributed by atoms with Crippen molar-refractivity contribution in [2.24, 2.45) is 0 Å². The molecule has 182 valence electrons. The smallest absolute Gasteiger partial charge is 0.316 e. The molecule has 1 unspecified atom stereocenters. The summed E-state index contributed by atoms with van der Waals surface area (Å²) in [5.41, 5.74) is 4.38. The molecule has 1 atom stereocenters. The molecule has 3 aromatic carbocycles. The molecule has 0 amide bonds. The van der Waals surface area contributed by atoms with Gasteiger partial charge in [0.25, 0.3) is 0 Å². The van der Waals surface area contributed by atoms with Crippen LogP contribution in [0.5, 0.6) is 0 Å². The first-order valence-corrected chi connectivity index (χ1v) is 13.1. The van der Waals surface area contributed by atoms with E-state index >= 15 is 0 Å². The molecule has 0 fully saturated rings. The molecule has 0 spiro atoms. The number of benzene rings is 3. The van der Waals surface area contributed by atoms with Crippen molar-refractivity contribution in [1.29, 1.82) is 0 Å². The van der Waals surface area contributed by atoms with Crippen LogP contribution in [0.15, 0.2) is 71.1 Å². The van der Waals surface area contributed by atoms with E-state index in [1.165, 1.54) is 5.57 Å². The van der Waals surface area contributed by atoms with Crippen LogP contribution < -0.4 is 5.32 Å². The zero-order valence-electron chi connectivity index (χ0n) is 19.7. The number of rotatable bonds is 12. The second-order valence-electron chi connectivity index (χ2n) is 8.19. The van der Waals surface area contributed by atoms with Crippen molar-refractivity contribution in [3.05, 3.63) is 83.7 Å². The first-order valence-electron chi connectivity index (χ1n) is 11.8. The molecular formula is C27H30N3O4P. The molecule has 0 bridgehead atoms. The fourth-order valence-electron chi connectivity index (χ4n) is 4.05. The Morgan fingerprint density at radius 3 is 2.60 bits per heavy atom. The van der Waals surface area contributed by atoms with Crippen LogP contribution in [0, 0.1) is 0 Å². The Hall–Kier alpha value is -3.09. The van der Waals surface area contributed by atoms with E-state index in [9.17, 15) is 4.57 Å². The molecule has 35 heavy (non-hydrogen) atoms. The van der Waals surface area contributed by atoms with Crippen molar-refractivity contribution >= 4 is 30.7 Å². The van der Waals surface area contributed by atoms with Crippen LogP contribution >= 0.6 is 8.25 Å². The van der Waals surface area contributed by atoms with Crippen LogP contribution in [-0.2, 0) is 15.6 Å². The molecule has 7 nitrogen and oxygen atoms in total. The Balaban J connectivity index is 1.54. The lowest BCUT2D eigenvalue weighted by atomic mass is 9.99. The summed E-state index contributed by atoms with van der Waals surface area (Å²) in [6, 6.07) is 22.5. The van der Waals surface area contributed by atoms with Crippen LogP contribution in [0.3, 0.4) is 0 Å². The van der Waals surface area contributed by atoms with Gasteiger partial charge >= 0.3 is 8.25 Å². The molecule has 4 rings (SSSR count). The summed E-state index contributed by atoms with van der Waals surface area (Å²) in [4.78, 5) is 8.73. The molecule has 1 aromatic heterocycles. The maximum Gasteiger partial charge on any atom is 0.316 e. The Kier molecular flexibility index (Phi) is 8.98. The minimum atomic E-state index is -2.86. The van der Waals surface area contributed by atoms with Crippen LogP contribution in [0.4, 0.5) is 0 Å². The predicted octanol–water partition coefficient (Wildman–Crippen LogP) is 6.11. The molecule has 0 saturated carbocycles. The lowest BCUT2D eigenvalue weighted by Crippen LogP contribution is -2.16. The van der Waals surface area contributed by atoms with Crippen molar-refractivity contribution in [2.45, 2.75) is 32.7 Å². The second-order valence-corrected chi connectivity index (χ2v) is 9.01. The third-order valence-electron chi connectivity index (χ3n) is 5.69. The SMILES string of the molecule is CCC/C(=C\c1nnc(-c2ccc(CNCCCO[PH](=O)O)c3ccccc23)o1)c1ccccc1. The normalized spacial score (nSPS) is 12.8. The highest BCUT2D eigenvalue weighted by Gasteiger charge is 2.14. The molecule has 1 heterocycles. The average molecular weight is 492 g/mol. The number of aromatic nitrogens is 2. The average Bonchev–Trinajstić information content (AvgIpc) is 3.34. The largest absolute Gasteiger partial charge is 0.417 e. The molecule has 4 aromatic rings. The van der Waals surface area contributed by atoms with Crippen LogP contribution in [-0.4, -0.2) is 28.2 Å². The fraction of sp³-hybridized carbons (Fsp3) is 0.259. The van der Waals surface area contributed by atoms with Gasteiger partial charge in [-0.25, -0.2) is 0 Å². The summed E-state index contributed by atoms with van der Waals surface area (Å²) in [6.45, 7) is 3.78. The third-order valence-corrected chi connectivity index (χ3v) is 6.14. The number of nitrogens with zero attached hydrogens (tertiary/aromatic N) is 2. The second kappa shape index (κ2) is 12.6. The number of fused-ring (bicyclic) bond motifs is 1. The lowest BCUT2D eigenvalue weighted by molar-refractivity contribution is 0.276. The van der Waals surface area contributed by atoms with E-state index in [0.29, 0.717) is 31.3 Å². The first-order chi connectivity index (χ1) is 17.2. The monoisotopic (exact) mass is 491 g/mol. The van der Waals surface area contributed by atoms with Gasteiger partial charge in [-0.1, -0.05) is 74.0 Å². The number of hydrogen-bond acceptors (Lipinski definition) is 6. The van der Waals surface area contributed by atoms with E-state index in [-0.39, 0.29) is 6.61 Å². The third kappa shape index (κ3) is 6.74. The quantitative estimate of drug-likeness (QED) is 0.182. The highest BCUT2D eigenvalue weighted by Crippen LogP contribution is 2.31. The molecule has 2 N–H and O–H groups in total. The molecular weight excluding hydrogens is 461 g/mol. The van der Waals surface area contributed by atoms with Crippen molar-refractivity contribution in [3.63, 3.8) is 0 Å². The van der Waals surface area contributed by atoms with E-state index < -0.39 is 8.25 Å². The molecule has 0 radical (unpaired) electrons. The van der Waals surface area contributed by atoms with Crippen molar-refractivity contribution in [1.82, 2.24) is 15.5 Å². The van der Waals surface area contributed by atoms with E-state index in [4.69, 9.17) is 13.8 Å². The summed E-state index contributed by atoms with van der Waals surface area (Å²) >= 11 is 0. The van der Waals surface area contributed by atoms with Crippen LogP contribution in [0.2, 0.25) is 0 Å². The minimum Gasteiger partial charge on any atom is -0.417 e. The van der Waals surface area contributed by atoms with E-state index in [1.54, 1.807) is 0 Å². The van der Waals surface area contributed by atoms with Crippen molar-refractivity contribution in [3.8, 4) is 11.5 Å². The zero-order valence-corrected chi connectivity index (χ0v) is 20.7. The van der Waals surface area contributed by atoms with Gasteiger partial charge < -0.3 is 19.2 Å². The van der Waals surface area contributed by atoms with Gasteiger partial charge in [-0.2, -0.15) is 0 Å². The van der Waals surface area contributed by atoms with E-state index in [0.717, 1.165) is 40.3 Å². The maximum absolute atomic E-state index is 10.6. The summed E-state index contributed by atoms with van der Waals surface area (Å²) in [7, 11) is -2.86. The van der Waals surface area contributed by atoms with Crippen LogP contribution in [0.25, 0.3) is 33.9 Å². The standard InChI is InChI=1S/C27H30N3O4P/c1-2-9-21(20-10-4-3-5-11-20)18-26-29-30-27(34-26)25-15-14-22(23-12-6-7-13-24(23)25)19-28-16-8-17-33-35(31)32/h3-7,10-15,18,28,35H,2,8-9,16-17,19H2,1H3,(H,31,32)/b21-18+. The van der Waals surface area contributed by atoms with Gasteiger partial charge in [0.2, 0.25) is 11.8 Å². The topological polar surface area (TPSA) is 97.5 Å². The summed E-state index contributed by atoms with van der Waals surface area (Å²) in [6.07, 6.45) is 4.59. The van der Waals surface area contributed by atoms with Gasteiger partial charge in [-0.15, -0.1) is 10.2 Å². The number of hydrogen-bond donors (Lipinski definition) is 2. The lowest BCUT2D eigenvalue weighted by Gasteiger charge is -2.10. The van der Waals surface area contributed by atoms with Crippen molar-refractivity contribution < 1.29 is 18.4 Å². The summed E-state index contributed by atoms with van der Waals surface area (Å²) in [5.74, 6) is 0.988. The molecule has 8 heteroatoms. The fourth-order valence-corrected chi connectivity index (χ4v) is 4.37. The van der Waals surface area contributed by atoms with Crippen molar-refractivity contribution in [2.75, 3.05) is 13.2 Å². The molecule has 0 aliphatic carbocycles. The number of nitrogens with one attached hydrogen (secondary N) is 1. The highest BCUT2D eigenvalue weighted by molar-refractivity contribution is 7.32. The van der Waals surface area contributed by atoms with E-state index in [2.05, 4.69) is 52.8 Å². The molecule has 0 saturated heterocycles. The van der Waals surface area contributed by atoms with Gasteiger partial charge in [-0.3, -0.25) is 4.57 Å². The highest BCUT2D eigenvalue weighted by atomic mass is 31.1. The Bertz CT molecular complexity index is 1300. The first kappa shape index (κ1) is 25.0. The summed E-state index contributed by atoms with van der Waals surface area (Å²) in [5, 5.41) is 14.2. The Labute approximate surface area is 205 Å². The van der Waals surface area contributed by atoms with Gasteiger partial charge in [0.05, 0.1) is 6.61 Å². The van der Waals surface area contributed by atoms with Crippen LogP contribution in [0.1, 0.15) is 43.2 Å². The maximum atomic E-state index is 10.6. The minimum absolute atomic E-state index is 0.263. The Morgan fingerprint density at radius 2 is 1.83 bits per heavy atom.